The summed E-state index contributed by atoms with van der Waals surface area (Å²) in [6.07, 6.45) is 0.304. The van der Waals surface area contributed by atoms with Crippen molar-refractivity contribution >= 4 is 29.0 Å². The minimum absolute atomic E-state index is 0.0953. The summed E-state index contributed by atoms with van der Waals surface area (Å²) in [5.41, 5.74) is 0.783. The van der Waals surface area contributed by atoms with Crippen LogP contribution in [-0.4, -0.2) is 19.0 Å². The maximum Gasteiger partial charge on any atom is 0.167 e. The minimum Gasteiger partial charge on any atom is -0.489 e. The first-order valence-corrected chi connectivity index (χ1v) is 8.30. The maximum atomic E-state index is 13.9. The lowest BCUT2D eigenvalue weighted by molar-refractivity contribution is 0.0985. The van der Waals surface area contributed by atoms with Crippen LogP contribution in [0.3, 0.4) is 0 Å². The quantitative estimate of drug-likeness (QED) is 0.673. The van der Waals surface area contributed by atoms with Crippen molar-refractivity contribution in [1.29, 1.82) is 0 Å². The first-order valence-electron chi connectivity index (χ1n) is 7.54. The molecule has 0 amide bonds. The molecule has 0 fully saturated rings. The molecule has 3 rings (SSSR count). The maximum absolute atomic E-state index is 13.9. The number of ketones is 1. The summed E-state index contributed by atoms with van der Waals surface area (Å²) in [6.45, 7) is 2.21. The predicted molar refractivity (Wildman–Crippen MR) is 91.2 cm³/mol. The van der Waals surface area contributed by atoms with Crippen LogP contribution < -0.4 is 9.47 Å². The molecule has 3 nitrogen and oxygen atoms in total. The third-order valence-corrected chi connectivity index (χ3v) is 4.52. The smallest absolute Gasteiger partial charge is 0.167 e. The first kappa shape index (κ1) is 17.1. The zero-order chi connectivity index (χ0) is 17.3. The molecule has 0 aromatic heterocycles. The van der Waals surface area contributed by atoms with Gasteiger partial charge < -0.3 is 9.47 Å². The molecule has 126 valence electrons. The highest BCUT2D eigenvalue weighted by Gasteiger charge is 2.32. The molecule has 0 radical (unpaired) electrons. The van der Waals surface area contributed by atoms with Gasteiger partial charge in [0.1, 0.15) is 24.8 Å². The summed E-state index contributed by atoms with van der Waals surface area (Å²) in [5.74, 6) is 0.180. The molecule has 6 heteroatoms. The Kier molecular flexibility index (Phi) is 4.97. The molecule has 0 aliphatic heterocycles. The molecule has 0 bridgehead atoms. The number of rotatable bonds is 5. The highest BCUT2D eigenvalue weighted by atomic mass is 35.5. The van der Waals surface area contributed by atoms with Gasteiger partial charge in [0.05, 0.1) is 15.6 Å². The Hall–Kier alpha value is -1.78. The lowest BCUT2D eigenvalue weighted by Gasteiger charge is -2.13. The Labute approximate surface area is 149 Å². The molecule has 2 aromatic carbocycles. The van der Waals surface area contributed by atoms with Crippen LogP contribution >= 0.6 is 23.2 Å². The Bertz CT molecular complexity index is 772. The SMILES string of the molecule is CC1CC(=O)c2c(OCCOc3c(Cl)cccc3Cl)ccc(F)c21. The third-order valence-electron chi connectivity index (χ3n) is 3.92. The molecule has 0 N–H and O–H groups in total. The van der Waals surface area contributed by atoms with Crippen molar-refractivity contribution in [3.05, 3.63) is 57.3 Å². The van der Waals surface area contributed by atoms with Gasteiger partial charge in [0.2, 0.25) is 0 Å². The molecular formula is C18H15Cl2FO3. The van der Waals surface area contributed by atoms with Crippen molar-refractivity contribution in [2.45, 2.75) is 19.3 Å². The summed E-state index contributed by atoms with van der Waals surface area (Å²) >= 11 is 12.0. The summed E-state index contributed by atoms with van der Waals surface area (Å²) < 4.78 is 25.1. The van der Waals surface area contributed by atoms with Crippen LogP contribution in [0.5, 0.6) is 11.5 Å². The van der Waals surface area contributed by atoms with Crippen molar-refractivity contribution < 1.29 is 18.7 Å². The fourth-order valence-corrected chi connectivity index (χ4v) is 3.37. The highest BCUT2D eigenvalue weighted by molar-refractivity contribution is 6.37. The van der Waals surface area contributed by atoms with Gasteiger partial charge in [-0.25, -0.2) is 4.39 Å². The first-order chi connectivity index (χ1) is 11.5. The van der Waals surface area contributed by atoms with Crippen molar-refractivity contribution in [1.82, 2.24) is 0 Å². The van der Waals surface area contributed by atoms with Crippen molar-refractivity contribution in [3.63, 3.8) is 0 Å². The van der Waals surface area contributed by atoms with Crippen LogP contribution in [0.15, 0.2) is 30.3 Å². The topological polar surface area (TPSA) is 35.5 Å². The second-order valence-electron chi connectivity index (χ2n) is 5.61. The monoisotopic (exact) mass is 368 g/mol. The molecule has 0 heterocycles. The summed E-state index contributed by atoms with van der Waals surface area (Å²) in [6, 6.07) is 7.89. The molecule has 1 atom stereocenters. The van der Waals surface area contributed by atoms with Gasteiger partial charge in [0.25, 0.3) is 0 Å². The molecule has 1 aliphatic rings. The van der Waals surface area contributed by atoms with E-state index in [0.29, 0.717) is 39.1 Å². The number of ether oxygens (including phenoxy) is 2. The average molecular weight is 369 g/mol. The van der Waals surface area contributed by atoms with Gasteiger partial charge in [-0.05, 0) is 30.2 Å². The zero-order valence-electron chi connectivity index (χ0n) is 12.9. The van der Waals surface area contributed by atoms with Crippen molar-refractivity contribution in [2.75, 3.05) is 13.2 Å². The van der Waals surface area contributed by atoms with Gasteiger partial charge in [-0.15, -0.1) is 0 Å². The normalized spacial score (nSPS) is 16.2. The van der Waals surface area contributed by atoms with Gasteiger partial charge in [-0.1, -0.05) is 36.2 Å². The molecule has 24 heavy (non-hydrogen) atoms. The van der Waals surface area contributed by atoms with Crippen LogP contribution in [-0.2, 0) is 0 Å². The number of fused-ring (bicyclic) bond motifs is 1. The van der Waals surface area contributed by atoms with E-state index in [0.717, 1.165) is 0 Å². The standard InChI is InChI=1S/C18H15Cl2FO3/c1-10-9-14(22)17-15(6-5-13(21)16(10)17)23-7-8-24-18-11(19)3-2-4-12(18)20/h2-6,10H,7-9H2,1H3. The van der Waals surface area contributed by atoms with Crippen molar-refractivity contribution in [3.8, 4) is 11.5 Å². The van der Waals surface area contributed by atoms with Gasteiger partial charge in [-0.2, -0.15) is 0 Å². The molecule has 0 spiro atoms. The lowest BCUT2D eigenvalue weighted by atomic mass is 10.0. The number of halogens is 3. The van der Waals surface area contributed by atoms with Gasteiger partial charge in [0.15, 0.2) is 11.5 Å². The number of carbonyl (C=O) groups excluding carboxylic acids is 1. The van der Waals surface area contributed by atoms with E-state index in [1.807, 2.05) is 6.92 Å². The molecule has 0 saturated carbocycles. The predicted octanol–water partition coefficient (Wildman–Crippen LogP) is 5.28. The number of hydrogen-bond donors (Lipinski definition) is 0. The average Bonchev–Trinajstić information content (AvgIpc) is 2.84. The Morgan fingerprint density at radius 2 is 1.79 bits per heavy atom. The van der Waals surface area contributed by atoms with Crippen LogP contribution in [0.4, 0.5) is 4.39 Å². The zero-order valence-corrected chi connectivity index (χ0v) is 14.5. The van der Waals surface area contributed by atoms with E-state index >= 15 is 0 Å². The second kappa shape index (κ2) is 6.99. The number of para-hydroxylation sites is 1. The molecule has 1 aliphatic carbocycles. The molecule has 0 saturated heterocycles. The van der Waals surface area contributed by atoms with E-state index < -0.39 is 0 Å². The lowest BCUT2D eigenvalue weighted by Crippen LogP contribution is -2.11. The highest BCUT2D eigenvalue weighted by Crippen LogP contribution is 2.39. The Morgan fingerprint density at radius 3 is 2.50 bits per heavy atom. The van der Waals surface area contributed by atoms with E-state index in [2.05, 4.69) is 0 Å². The molecular weight excluding hydrogens is 354 g/mol. The largest absolute Gasteiger partial charge is 0.489 e. The van der Waals surface area contributed by atoms with E-state index in [-0.39, 0.29) is 30.7 Å². The minimum atomic E-state index is -0.366. The van der Waals surface area contributed by atoms with Crippen molar-refractivity contribution in [2.24, 2.45) is 0 Å². The number of hydrogen-bond acceptors (Lipinski definition) is 3. The van der Waals surface area contributed by atoms with Gasteiger partial charge >= 0.3 is 0 Å². The van der Waals surface area contributed by atoms with E-state index in [9.17, 15) is 9.18 Å². The number of Topliss-reactive ketones (excluding diaryl/α,β-unsaturated/α-hetero) is 1. The van der Waals surface area contributed by atoms with Crippen LogP contribution in [0.25, 0.3) is 0 Å². The number of carbonyl (C=O) groups is 1. The summed E-state index contributed by atoms with van der Waals surface area (Å²) in [7, 11) is 0. The molecule has 2 aromatic rings. The van der Waals surface area contributed by atoms with E-state index in [1.54, 1.807) is 18.2 Å². The fourth-order valence-electron chi connectivity index (χ4n) is 2.86. The van der Waals surface area contributed by atoms with Gasteiger partial charge in [-0.3, -0.25) is 4.79 Å². The van der Waals surface area contributed by atoms with E-state index in [4.69, 9.17) is 32.7 Å². The van der Waals surface area contributed by atoms with Crippen LogP contribution in [0.2, 0.25) is 10.0 Å². The van der Waals surface area contributed by atoms with Gasteiger partial charge in [0, 0.05) is 12.0 Å². The Balaban J connectivity index is 1.67. The fraction of sp³-hybridized carbons (Fsp3) is 0.278. The third kappa shape index (κ3) is 3.21. The van der Waals surface area contributed by atoms with E-state index in [1.165, 1.54) is 12.1 Å². The second-order valence-corrected chi connectivity index (χ2v) is 6.42. The Morgan fingerprint density at radius 1 is 1.12 bits per heavy atom. The van der Waals surface area contributed by atoms with Crippen LogP contribution in [0.1, 0.15) is 35.2 Å². The summed E-state index contributed by atoms with van der Waals surface area (Å²) in [5, 5.41) is 0.823. The summed E-state index contributed by atoms with van der Waals surface area (Å²) in [4.78, 5) is 12.1. The molecule has 1 unspecified atom stereocenters. The van der Waals surface area contributed by atoms with Crippen LogP contribution in [0, 0.1) is 5.82 Å². The number of benzene rings is 2.